The summed E-state index contributed by atoms with van der Waals surface area (Å²) in [5, 5.41) is 0.714. The minimum atomic E-state index is -3.09. The van der Waals surface area contributed by atoms with Crippen molar-refractivity contribution in [2.24, 2.45) is 5.73 Å². The van der Waals surface area contributed by atoms with Gasteiger partial charge in [-0.1, -0.05) is 12.1 Å². The first-order valence-electron chi connectivity index (χ1n) is 6.15. The van der Waals surface area contributed by atoms with Gasteiger partial charge >= 0.3 is 0 Å². The Bertz CT molecular complexity index is 689. The standard InChI is InChI=1S/C13H16N2O3S2/c1-20(17,18)7-6-9(14)11(16)8-13-15-10-4-2-3-5-12(10)19-13/h2-5,9H,6-8,14H2,1H3. The second-order valence-electron chi connectivity index (χ2n) is 4.74. The van der Waals surface area contributed by atoms with E-state index in [4.69, 9.17) is 5.73 Å². The van der Waals surface area contributed by atoms with Crippen molar-refractivity contribution in [2.75, 3.05) is 12.0 Å². The van der Waals surface area contributed by atoms with Gasteiger partial charge in [0.05, 0.1) is 28.4 Å². The summed E-state index contributed by atoms with van der Waals surface area (Å²) in [4.78, 5) is 16.3. The molecule has 2 N–H and O–H groups in total. The van der Waals surface area contributed by atoms with Gasteiger partial charge in [0.2, 0.25) is 0 Å². The molecule has 20 heavy (non-hydrogen) atoms. The Labute approximate surface area is 121 Å². The molecule has 1 unspecified atom stereocenters. The SMILES string of the molecule is CS(=O)(=O)CCC(N)C(=O)Cc1nc2ccccc2s1. The average molecular weight is 312 g/mol. The molecule has 0 fully saturated rings. The number of sulfone groups is 1. The largest absolute Gasteiger partial charge is 0.321 e. The lowest BCUT2D eigenvalue weighted by Gasteiger charge is -2.08. The van der Waals surface area contributed by atoms with Gasteiger partial charge in [-0.3, -0.25) is 4.79 Å². The Morgan fingerprint density at radius 1 is 1.40 bits per heavy atom. The Morgan fingerprint density at radius 3 is 2.75 bits per heavy atom. The third-order valence-corrected chi connectivity index (χ3v) is 4.89. The van der Waals surface area contributed by atoms with Gasteiger partial charge in [0.25, 0.3) is 0 Å². The molecule has 0 bridgehead atoms. The summed E-state index contributed by atoms with van der Waals surface area (Å²) in [6, 6.07) is 6.90. The summed E-state index contributed by atoms with van der Waals surface area (Å²) >= 11 is 1.46. The molecule has 0 amide bonds. The number of thiazole rings is 1. The van der Waals surface area contributed by atoms with Crippen LogP contribution >= 0.6 is 11.3 Å². The number of ketones is 1. The van der Waals surface area contributed by atoms with Crippen LogP contribution in [0.15, 0.2) is 24.3 Å². The highest BCUT2D eigenvalue weighted by molar-refractivity contribution is 7.90. The van der Waals surface area contributed by atoms with E-state index in [0.717, 1.165) is 16.5 Å². The summed E-state index contributed by atoms with van der Waals surface area (Å²) in [5.41, 5.74) is 6.60. The van der Waals surface area contributed by atoms with Crippen LogP contribution in [0.5, 0.6) is 0 Å². The maximum Gasteiger partial charge on any atom is 0.156 e. The van der Waals surface area contributed by atoms with E-state index in [1.807, 2.05) is 24.3 Å². The molecule has 0 aliphatic rings. The lowest BCUT2D eigenvalue weighted by molar-refractivity contribution is -0.119. The normalized spacial score (nSPS) is 13.5. The minimum absolute atomic E-state index is 0.0697. The van der Waals surface area contributed by atoms with Crippen LogP contribution in [0.25, 0.3) is 10.2 Å². The molecular formula is C13H16N2O3S2. The monoisotopic (exact) mass is 312 g/mol. The van der Waals surface area contributed by atoms with E-state index in [9.17, 15) is 13.2 Å². The van der Waals surface area contributed by atoms with Gasteiger partial charge in [0.15, 0.2) is 5.78 Å². The smallest absolute Gasteiger partial charge is 0.156 e. The number of benzene rings is 1. The van der Waals surface area contributed by atoms with E-state index in [2.05, 4.69) is 4.98 Å². The zero-order valence-corrected chi connectivity index (χ0v) is 12.7. The van der Waals surface area contributed by atoms with Crippen LogP contribution in [-0.4, -0.2) is 37.2 Å². The van der Waals surface area contributed by atoms with Crippen molar-refractivity contribution in [3.8, 4) is 0 Å². The zero-order chi connectivity index (χ0) is 14.8. The number of hydrogen-bond acceptors (Lipinski definition) is 6. The number of para-hydroxylation sites is 1. The summed E-state index contributed by atoms with van der Waals surface area (Å²) in [6.07, 6.45) is 1.45. The molecule has 108 valence electrons. The van der Waals surface area contributed by atoms with Gasteiger partial charge < -0.3 is 5.73 Å². The molecule has 1 aromatic carbocycles. The molecule has 0 spiro atoms. The number of aromatic nitrogens is 1. The Kier molecular flexibility index (Phi) is 4.52. The molecule has 5 nitrogen and oxygen atoms in total. The lowest BCUT2D eigenvalue weighted by atomic mass is 10.1. The van der Waals surface area contributed by atoms with Crippen LogP contribution in [0.2, 0.25) is 0 Å². The zero-order valence-electron chi connectivity index (χ0n) is 11.1. The van der Waals surface area contributed by atoms with Crippen LogP contribution in [0.1, 0.15) is 11.4 Å². The summed E-state index contributed by atoms with van der Waals surface area (Å²) in [6.45, 7) is 0. The number of carbonyl (C=O) groups is 1. The number of carbonyl (C=O) groups excluding carboxylic acids is 1. The second-order valence-corrected chi connectivity index (χ2v) is 8.12. The van der Waals surface area contributed by atoms with Crippen LogP contribution in [-0.2, 0) is 21.1 Å². The number of hydrogen-bond donors (Lipinski definition) is 1. The fraction of sp³-hybridized carbons (Fsp3) is 0.385. The highest BCUT2D eigenvalue weighted by Gasteiger charge is 2.18. The molecule has 0 aliphatic heterocycles. The van der Waals surface area contributed by atoms with Gasteiger partial charge in [0.1, 0.15) is 14.8 Å². The fourth-order valence-electron chi connectivity index (χ4n) is 1.78. The Balaban J connectivity index is 2.00. The first-order chi connectivity index (χ1) is 9.35. The van der Waals surface area contributed by atoms with Crippen LogP contribution in [0, 0.1) is 0 Å². The minimum Gasteiger partial charge on any atom is -0.321 e. The van der Waals surface area contributed by atoms with Crippen LogP contribution < -0.4 is 5.73 Å². The van der Waals surface area contributed by atoms with Crippen LogP contribution in [0.4, 0.5) is 0 Å². The predicted octanol–water partition coefficient (Wildman–Crippen LogP) is 1.17. The van der Waals surface area contributed by atoms with E-state index in [0.29, 0.717) is 5.01 Å². The molecular weight excluding hydrogens is 296 g/mol. The van der Waals surface area contributed by atoms with Crippen molar-refractivity contribution >= 4 is 37.2 Å². The summed E-state index contributed by atoms with van der Waals surface area (Å²) in [7, 11) is -3.09. The first-order valence-corrected chi connectivity index (χ1v) is 9.03. The van der Waals surface area contributed by atoms with E-state index in [1.54, 1.807) is 0 Å². The molecule has 7 heteroatoms. The summed E-state index contributed by atoms with van der Waals surface area (Å²) < 4.78 is 23.1. The molecule has 1 aromatic heterocycles. The van der Waals surface area contributed by atoms with Crippen molar-refractivity contribution in [2.45, 2.75) is 18.9 Å². The molecule has 1 heterocycles. The predicted molar refractivity (Wildman–Crippen MR) is 80.6 cm³/mol. The lowest BCUT2D eigenvalue weighted by Crippen LogP contribution is -2.33. The quantitative estimate of drug-likeness (QED) is 0.864. The van der Waals surface area contributed by atoms with Crippen molar-refractivity contribution in [3.05, 3.63) is 29.3 Å². The third kappa shape index (κ3) is 4.09. The maximum absolute atomic E-state index is 12.0. The average Bonchev–Trinajstić information content (AvgIpc) is 2.76. The molecule has 1 atom stereocenters. The molecule has 0 aliphatic carbocycles. The first kappa shape index (κ1) is 15.1. The number of Topliss-reactive ketones (excluding diaryl/α,β-unsaturated/α-hetero) is 1. The number of rotatable bonds is 6. The fourth-order valence-corrected chi connectivity index (χ4v) is 3.44. The molecule has 2 rings (SSSR count). The van der Waals surface area contributed by atoms with Gasteiger partial charge in [-0.05, 0) is 18.6 Å². The topological polar surface area (TPSA) is 90.1 Å². The highest BCUT2D eigenvalue weighted by atomic mass is 32.2. The van der Waals surface area contributed by atoms with Crippen LogP contribution in [0.3, 0.4) is 0 Å². The third-order valence-electron chi connectivity index (χ3n) is 2.88. The van der Waals surface area contributed by atoms with Gasteiger partial charge in [-0.25, -0.2) is 13.4 Å². The Morgan fingerprint density at radius 2 is 2.10 bits per heavy atom. The number of nitrogens with zero attached hydrogens (tertiary/aromatic N) is 1. The van der Waals surface area contributed by atoms with Crippen molar-refractivity contribution in [1.82, 2.24) is 4.98 Å². The highest BCUT2D eigenvalue weighted by Crippen LogP contribution is 2.22. The van der Waals surface area contributed by atoms with Crippen molar-refractivity contribution in [3.63, 3.8) is 0 Å². The Hall–Kier alpha value is -1.31. The van der Waals surface area contributed by atoms with E-state index < -0.39 is 15.9 Å². The van der Waals surface area contributed by atoms with Crippen molar-refractivity contribution in [1.29, 1.82) is 0 Å². The van der Waals surface area contributed by atoms with E-state index in [1.165, 1.54) is 11.3 Å². The second kappa shape index (κ2) is 5.99. The molecule has 0 saturated carbocycles. The molecule has 2 aromatic rings. The van der Waals surface area contributed by atoms with Gasteiger partial charge in [0, 0.05) is 6.26 Å². The number of nitrogens with two attached hydrogens (primary N) is 1. The van der Waals surface area contributed by atoms with Gasteiger partial charge in [-0.2, -0.15) is 0 Å². The number of fused-ring (bicyclic) bond motifs is 1. The molecule has 0 saturated heterocycles. The maximum atomic E-state index is 12.0. The van der Waals surface area contributed by atoms with E-state index >= 15 is 0 Å². The van der Waals surface area contributed by atoms with E-state index in [-0.39, 0.29) is 24.4 Å². The van der Waals surface area contributed by atoms with Gasteiger partial charge in [-0.15, -0.1) is 11.3 Å². The summed E-state index contributed by atoms with van der Waals surface area (Å²) in [5.74, 6) is -0.243. The molecule has 0 radical (unpaired) electrons. The van der Waals surface area contributed by atoms with Crippen molar-refractivity contribution < 1.29 is 13.2 Å².